The second-order valence-electron chi connectivity index (χ2n) is 3.63. The average molecular weight is 294 g/mol. The second kappa shape index (κ2) is 6.67. The summed E-state index contributed by atoms with van der Waals surface area (Å²) in [6.07, 6.45) is -2.97. The molecule has 3 N–H and O–H groups in total. The van der Waals surface area contributed by atoms with E-state index in [1.54, 1.807) is 6.26 Å². The summed E-state index contributed by atoms with van der Waals surface area (Å²) in [5.74, 6) is -0.438. The fraction of sp³-hybridized carbons (Fsp3) is 0.364. The Balaban J connectivity index is 2.69. The van der Waals surface area contributed by atoms with Gasteiger partial charge in [-0.25, -0.2) is 0 Å². The molecule has 1 aromatic carbocycles. The fourth-order valence-corrected chi connectivity index (χ4v) is 1.77. The molecule has 106 valence electrons. The number of ether oxygens (including phenoxy) is 1. The number of hydrogen-bond acceptors (Lipinski definition) is 4. The van der Waals surface area contributed by atoms with Crippen LogP contribution in [0.5, 0.6) is 5.75 Å². The molecule has 0 aliphatic carbocycles. The van der Waals surface area contributed by atoms with Gasteiger partial charge in [0.25, 0.3) is 0 Å². The number of thioether (sulfide) groups is 1. The molecule has 0 heterocycles. The van der Waals surface area contributed by atoms with E-state index in [0.717, 1.165) is 12.1 Å². The molecular formula is C11H13F3N2O2S. The van der Waals surface area contributed by atoms with Crippen LogP contribution in [0.25, 0.3) is 0 Å². The van der Waals surface area contributed by atoms with Crippen molar-refractivity contribution in [1.29, 1.82) is 0 Å². The van der Waals surface area contributed by atoms with Crippen LogP contribution in [0.3, 0.4) is 0 Å². The number of nitrogens with one attached hydrogen (secondary N) is 1. The van der Waals surface area contributed by atoms with Crippen molar-refractivity contribution < 1.29 is 22.7 Å². The Morgan fingerprint density at radius 2 is 2.21 bits per heavy atom. The lowest BCUT2D eigenvalue weighted by Crippen LogP contribution is -2.37. The van der Waals surface area contributed by atoms with Gasteiger partial charge < -0.3 is 15.8 Å². The number of hydrogen-bond donors (Lipinski definition) is 2. The smallest absolute Gasteiger partial charge is 0.406 e. The molecule has 0 radical (unpaired) electrons. The Labute approximate surface area is 112 Å². The maximum atomic E-state index is 12.0. The summed E-state index contributed by atoms with van der Waals surface area (Å²) in [6.45, 7) is 0. The SMILES string of the molecule is CSC[C@@H](N)C(=O)Nc1cccc(OC(F)(F)F)c1. The first-order chi connectivity index (χ1) is 8.81. The molecule has 8 heteroatoms. The molecule has 0 spiro atoms. The first kappa shape index (κ1) is 15.6. The highest BCUT2D eigenvalue weighted by Crippen LogP contribution is 2.25. The van der Waals surface area contributed by atoms with E-state index < -0.39 is 24.1 Å². The van der Waals surface area contributed by atoms with E-state index in [9.17, 15) is 18.0 Å². The van der Waals surface area contributed by atoms with Gasteiger partial charge in [0.1, 0.15) is 5.75 Å². The Hall–Kier alpha value is -1.41. The lowest BCUT2D eigenvalue weighted by atomic mass is 10.2. The summed E-state index contributed by atoms with van der Waals surface area (Å²) in [7, 11) is 0. The Morgan fingerprint density at radius 3 is 2.79 bits per heavy atom. The summed E-state index contributed by atoms with van der Waals surface area (Å²) in [5, 5.41) is 2.43. The van der Waals surface area contributed by atoms with Gasteiger partial charge >= 0.3 is 6.36 Å². The molecule has 0 fully saturated rings. The topological polar surface area (TPSA) is 64.4 Å². The Bertz CT molecular complexity index is 440. The lowest BCUT2D eigenvalue weighted by Gasteiger charge is -2.13. The van der Waals surface area contributed by atoms with Gasteiger partial charge in [-0.05, 0) is 18.4 Å². The number of carbonyl (C=O) groups excluding carboxylic acids is 1. The van der Waals surface area contributed by atoms with E-state index in [1.165, 1.54) is 23.9 Å². The van der Waals surface area contributed by atoms with E-state index in [4.69, 9.17) is 5.73 Å². The number of anilines is 1. The minimum atomic E-state index is -4.77. The number of alkyl halides is 3. The van der Waals surface area contributed by atoms with Crippen LogP contribution in [0.15, 0.2) is 24.3 Å². The van der Waals surface area contributed by atoms with Gasteiger partial charge in [-0.3, -0.25) is 4.79 Å². The molecule has 0 saturated heterocycles. The van der Waals surface area contributed by atoms with E-state index in [0.29, 0.717) is 5.75 Å². The van der Waals surface area contributed by atoms with Crippen LogP contribution in [-0.4, -0.2) is 30.3 Å². The van der Waals surface area contributed by atoms with Crippen LogP contribution in [0.2, 0.25) is 0 Å². The van der Waals surface area contributed by atoms with Gasteiger partial charge in [0, 0.05) is 17.5 Å². The summed E-state index contributed by atoms with van der Waals surface area (Å²) in [6, 6.07) is 4.30. The predicted molar refractivity (Wildman–Crippen MR) is 68.1 cm³/mol. The van der Waals surface area contributed by atoms with Crippen molar-refractivity contribution in [1.82, 2.24) is 0 Å². The average Bonchev–Trinajstić information content (AvgIpc) is 2.27. The van der Waals surface area contributed by atoms with E-state index in [-0.39, 0.29) is 5.69 Å². The predicted octanol–water partition coefficient (Wildman–Crippen LogP) is 2.21. The summed E-state index contributed by atoms with van der Waals surface area (Å²) >= 11 is 1.40. The van der Waals surface area contributed by atoms with E-state index in [2.05, 4.69) is 10.1 Å². The Morgan fingerprint density at radius 1 is 1.53 bits per heavy atom. The molecule has 4 nitrogen and oxygen atoms in total. The van der Waals surface area contributed by atoms with Gasteiger partial charge in [0.05, 0.1) is 6.04 Å². The molecule has 1 atom stereocenters. The quantitative estimate of drug-likeness (QED) is 0.874. The zero-order valence-corrected chi connectivity index (χ0v) is 10.8. The zero-order chi connectivity index (χ0) is 14.5. The normalized spacial score (nSPS) is 12.9. The number of rotatable bonds is 5. The molecule has 19 heavy (non-hydrogen) atoms. The van der Waals surface area contributed by atoms with Gasteiger partial charge in [0.2, 0.25) is 5.91 Å². The highest BCUT2D eigenvalue weighted by molar-refractivity contribution is 7.98. The highest BCUT2D eigenvalue weighted by Gasteiger charge is 2.31. The maximum Gasteiger partial charge on any atom is 0.573 e. The molecule has 0 aliphatic heterocycles. The molecule has 1 amide bonds. The standard InChI is InChI=1S/C11H13F3N2O2S/c1-19-6-9(15)10(17)16-7-3-2-4-8(5-7)18-11(12,13)14/h2-5,9H,6,15H2,1H3,(H,16,17)/t9-/m1/s1. The first-order valence-corrected chi connectivity index (χ1v) is 6.62. The summed E-state index contributed by atoms with van der Waals surface area (Å²) in [5.41, 5.74) is 5.77. The summed E-state index contributed by atoms with van der Waals surface area (Å²) in [4.78, 5) is 11.6. The number of benzene rings is 1. The van der Waals surface area contributed by atoms with Crippen molar-refractivity contribution >= 4 is 23.4 Å². The zero-order valence-electron chi connectivity index (χ0n) is 10.0. The monoisotopic (exact) mass is 294 g/mol. The van der Waals surface area contributed by atoms with Crippen LogP contribution >= 0.6 is 11.8 Å². The Kier molecular flexibility index (Phi) is 5.49. The van der Waals surface area contributed by atoms with E-state index in [1.807, 2.05) is 0 Å². The molecule has 0 unspecified atom stereocenters. The molecule has 1 rings (SSSR count). The van der Waals surface area contributed by atoms with Gasteiger partial charge in [0.15, 0.2) is 0 Å². The number of amides is 1. The third-order valence-corrected chi connectivity index (χ3v) is 2.71. The van der Waals surface area contributed by atoms with Crippen molar-refractivity contribution in [2.75, 3.05) is 17.3 Å². The van der Waals surface area contributed by atoms with E-state index >= 15 is 0 Å². The van der Waals surface area contributed by atoms with Gasteiger partial charge in [-0.15, -0.1) is 13.2 Å². The fourth-order valence-electron chi connectivity index (χ4n) is 1.26. The van der Waals surface area contributed by atoms with Crippen LogP contribution in [0.1, 0.15) is 0 Å². The second-order valence-corrected chi connectivity index (χ2v) is 4.54. The number of halogens is 3. The number of carbonyl (C=O) groups is 1. The molecular weight excluding hydrogens is 281 g/mol. The number of nitrogens with two attached hydrogens (primary N) is 1. The summed E-state index contributed by atoms with van der Waals surface area (Å²) < 4.78 is 39.8. The minimum absolute atomic E-state index is 0.198. The van der Waals surface area contributed by atoms with Crippen LogP contribution in [-0.2, 0) is 4.79 Å². The molecule has 1 aromatic rings. The van der Waals surface area contributed by atoms with Gasteiger partial charge in [-0.1, -0.05) is 6.07 Å². The third-order valence-electron chi connectivity index (χ3n) is 2.02. The van der Waals surface area contributed by atoms with Crippen LogP contribution in [0.4, 0.5) is 18.9 Å². The molecule has 0 aromatic heterocycles. The van der Waals surface area contributed by atoms with Crippen molar-refractivity contribution in [3.8, 4) is 5.75 Å². The highest BCUT2D eigenvalue weighted by atomic mass is 32.2. The molecule has 0 saturated carbocycles. The van der Waals surface area contributed by atoms with Crippen molar-refractivity contribution in [3.05, 3.63) is 24.3 Å². The van der Waals surface area contributed by atoms with Crippen LogP contribution in [0, 0.1) is 0 Å². The minimum Gasteiger partial charge on any atom is -0.406 e. The van der Waals surface area contributed by atoms with Crippen LogP contribution < -0.4 is 15.8 Å². The van der Waals surface area contributed by atoms with Crippen molar-refractivity contribution in [2.24, 2.45) is 5.73 Å². The lowest BCUT2D eigenvalue weighted by molar-refractivity contribution is -0.274. The molecule has 0 aliphatic rings. The first-order valence-electron chi connectivity index (χ1n) is 5.23. The maximum absolute atomic E-state index is 12.0. The largest absolute Gasteiger partial charge is 0.573 e. The molecule has 0 bridgehead atoms. The van der Waals surface area contributed by atoms with Crippen molar-refractivity contribution in [3.63, 3.8) is 0 Å². The van der Waals surface area contributed by atoms with Gasteiger partial charge in [-0.2, -0.15) is 11.8 Å². The third kappa shape index (κ3) is 5.84. The van der Waals surface area contributed by atoms with Crippen molar-refractivity contribution in [2.45, 2.75) is 12.4 Å².